The number of anilines is 1. The number of hydrogen-bond donors (Lipinski definition) is 2. The first-order chi connectivity index (χ1) is 13.3. The Morgan fingerprint density at radius 2 is 1.68 bits per heavy atom. The molecule has 2 aromatic carbocycles. The zero-order valence-electron chi connectivity index (χ0n) is 15.9. The molecule has 0 bridgehead atoms. The van der Waals surface area contributed by atoms with Crippen molar-refractivity contribution in [1.82, 2.24) is 5.32 Å². The molecule has 2 rings (SSSR count). The van der Waals surface area contributed by atoms with E-state index in [4.69, 9.17) is 4.74 Å². The fourth-order valence-corrected chi connectivity index (χ4v) is 2.88. The summed E-state index contributed by atoms with van der Waals surface area (Å²) in [5.74, 6) is -1.26. The molecule has 2 amide bonds. The van der Waals surface area contributed by atoms with E-state index in [-0.39, 0.29) is 25.4 Å². The van der Waals surface area contributed by atoms with Crippen molar-refractivity contribution in [2.75, 3.05) is 11.9 Å². The Morgan fingerprint density at radius 1 is 0.964 bits per heavy atom. The fraction of sp³-hybridized carbons (Fsp3) is 0.286. The third-order valence-electron chi connectivity index (χ3n) is 4.03. The predicted octanol–water partition coefficient (Wildman–Crippen LogP) is 3.64. The van der Waals surface area contributed by atoms with E-state index >= 15 is 0 Å². The lowest BCUT2D eigenvalue weighted by Gasteiger charge is -2.11. The molecule has 6 nitrogen and oxygen atoms in total. The van der Waals surface area contributed by atoms with Crippen molar-refractivity contribution < 1.29 is 19.1 Å². The number of halogens is 1. The minimum absolute atomic E-state index is 0.0122. The van der Waals surface area contributed by atoms with Crippen molar-refractivity contribution in [1.29, 1.82) is 0 Å². The summed E-state index contributed by atoms with van der Waals surface area (Å²) in [5.41, 5.74) is 3.53. The minimum atomic E-state index is -0.589. The second-order valence-corrected chi connectivity index (χ2v) is 7.24. The second-order valence-electron chi connectivity index (χ2n) is 6.39. The van der Waals surface area contributed by atoms with Gasteiger partial charge in [-0.1, -0.05) is 46.3 Å². The largest absolute Gasteiger partial charge is 0.456 e. The van der Waals surface area contributed by atoms with Gasteiger partial charge in [0.05, 0.1) is 6.42 Å². The van der Waals surface area contributed by atoms with Crippen molar-refractivity contribution in [3.05, 3.63) is 63.6 Å². The maximum absolute atomic E-state index is 12.0. The normalized spacial score (nSPS) is 10.2. The Morgan fingerprint density at radius 3 is 2.39 bits per heavy atom. The van der Waals surface area contributed by atoms with E-state index in [9.17, 15) is 14.4 Å². The Kier molecular flexibility index (Phi) is 8.19. The van der Waals surface area contributed by atoms with E-state index in [1.54, 1.807) is 0 Å². The summed E-state index contributed by atoms with van der Waals surface area (Å²) in [6, 6.07) is 13.2. The molecule has 0 aliphatic heterocycles. The lowest BCUT2D eigenvalue weighted by Crippen LogP contribution is -2.25. The topological polar surface area (TPSA) is 84.5 Å². The van der Waals surface area contributed by atoms with Crippen LogP contribution in [0.4, 0.5) is 5.69 Å². The van der Waals surface area contributed by atoms with E-state index in [0.717, 1.165) is 21.2 Å². The molecule has 28 heavy (non-hydrogen) atoms. The molecule has 0 fully saturated rings. The van der Waals surface area contributed by atoms with Crippen LogP contribution in [0.15, 0.2) is 46.9 Å². The number of carbonyl (C=O) groups is 3. The first-order valence-corrected chi connectivity index (χ1v) is 9.67. The SMILES string of the molecule is Cc1cc(NC(=O)COC(=O)CCC(=O)NCc2ccccc2)c(C)cc1Br. The third-order valence-corrected chi connectivity index (χ3v) is 4.89. The van der Waals surface area contributed by atoms with E-state index in [2.05, 4.69) is 26.6 Å². The molecule has 2 N–H and O–H groups in total. The molecule has 0 aliphatic rings. The Bertz CT molecular complexity index is 853. The monoisotopic (exact) mass is 446 g/mol. The molecule has 0 spiro atoms. The van der Waals surface area contributed by atoms with Crippen LogP contribution < -0.4 is 10.6 Å². The van der Waals surface area contributed by atoms with Crippen LogP contribution in [0, 0.1) is 13.8 Å². The molecule has 0 radical (unpaired) electrons. The van der Waals surface area contributed by atoms with Crippen molar-refractivity contribution >= 4 is 39.4 Å². The minimum Gasteiger partial charge on any atom is -0.456 e. The van der Waals surface area contributed by atoms with Gasteiger partial charge in [-0.05, 0) is 42.7 Å². The van der Waals surface area contributed by atoms with Gasteiger partial charge >= 0.3 is 5.97 Å². The highest BCUT2D eigenvalue weighted by atomic mass is 79.9. The summed E-state index contributed by atoms with van der Waals surface area (Å²) >= 11 is 3.43. The highest BCUT2D eigenvalue weighted by Gasteiger charge is 2.12. The highest BCUT2D eigenvalue weighted by Crippen LogP contribution is 2.24. The van der Waals surface area contributed by atoms with Gasteiger partial charge in [0.15, 0.2) is 6.61 Å². The van der Waals surface area contributed by atoms with Gasteiger partial charge in [-0.25, -0.2) is 0 Å². The van der Waals surface area contributed by atoms with E-state index < -0.39 is 11.9 Å². The molecule has 0 atom stereocenters. The van der Waals surface area contributed by atoms with Gasteiger partial charge in [0.1, 0.15) is 0 Å². The maximum Gasteiger partial charge on any atom is 0.306 e. The Balaban J connectivity index is 1.68. The van der Waals surface area contributed by atoms with Crippen LogP contribution in [0.3, 0.4) is 0 Å². The van der Waals surface area contributed by atoms with Gasteiger partial charge in [-0.2, -0.15) is 0 Å². The van der Waals surface area contributed by atoms with Crippen molar-refractivity contribution in [3.63, 3.8) is 0 Å². The quantitative estimate of drug-likeness (QED) is 0.606. The zero-order chi connectivity index (χ0) is 20.5. The molecule has 0 unspecified atom stereocenters. The number of ether oxygens (including phenoxy) is 1. The predicted molar refractivity (Wildman–Crippen MR) is 111 cm³/mol. The van der Waals surface area contributed by atoms with Crippen molar-refractivity contribution in [3.8, 4) is 0 Å². The van der Waals surface area contributed by atoms with Gasteiger partial charge in [0.2, 0.25) is 5.91 Å². The third kappa shape index (κ3) is 7.15. The van der Waals surface area contributed by atoms with E-state index in [1.165, 1.54) is 0 Å². The number of hydrogen-bond acceptors (Lipinski definition) is 4. The summed E-state index contributed by atoms with van der Waals surface area (Å²) < 4.78 is 5.90. The summed E-state index contributed by atoms with van der Waals surface area (Å²) in [6.45, 7) is 3.81. The van der Waals surface area contributed by atoms with Crippen LogP contribution in [-0.4, -0.2) is 24.4 Å². The van der Waals surface area contributed by atoms with Gasteiger partial charge in [-0.15, -0.1) is 0 Å². The highest BCUT2D eigenvalue weighted by molar-refractivity contribution is 9.10. The van der Waals surface area contributed by atoms with Crippen molar-refractivity contribution in [2.45, 2.75) is 33.2 Å². The molecule has 2 aromatic rings. The van der Waals surface area contributed by atoms with Gasteiger partial charge in [0.25, 0.3) is 5.91 Å². The average Bonchev–Trinajstić information content (AvgIpc) is 2.68. The lowest BCUT2D eigenvalue weighted by molar-refractivity contribution is -0.148. The van der Waals surface area contributed by atoms with Crippen molar-refractivity contribution in [2.24, 2.45) is 0 Å². The standard InChI is InChI=1S/C21H23BrN2O4/c1-14-11-18(15(2)10-17(14)22)24-20(26)13-28-21(27)9-8-19(25)23-12-16-6-4-3-5-7-16/h3-7,10-11H,8-9,12-13H2,1-2H3,(H,23,25)(H,24,26). The number of aryl methyl sites for hydroxylation is 2. The van der Waals surface area contributed by atoms with Crippen LogP contribution in [0.25, 0.3) is 0 Å². The lowest BCUT2D eigenvalue weighted by atomic mass is 10.1. The molecule has 0 aromatic heterocycles. The molecule has 148 valence electrons. The zero-order valence-corrected chi connectivity index (χ0v) is 17.5. The van der Waals surface area contributed by atoms with Crippen LogP contribution in [-0.2, 0) is 25.7 Å². The van der Waals surface area contributed by atoms with Crippen LogP contribution in [0.5, 0.6) is 0 Å². The van der Waals surface area contributed by atoms with E-state index in [1.807, 2.05) is 56.3 Å². The van der Waals surface area contributed by atoms with E-state index in [0.29, 0.717) is 12.2 Å². The maximum atomic E-state index is 12.0. The molecular formula is C21H23BrN2O4. The van der Waals surface area contributed by atoms with Crippen LogP contribution >= 0.6 is 15.9 Å². The average molecular weight is 447 g/mol. The molecule has 7 heteroatoms. The smallest absolute Gasteiger partial charge is 0.306 e. The Labute approximate surface area is 172 Å². The van der Waals surface area contributed by atoms with Crippen LogP contribution in [0.2, 0.25) is 0 Å². The number of amides is 2. The molecule has 0 heterocycles. The second kappa shape index (κ2) is 10.6. The van der Waals surface area contributed by atoms with Crippen LogP contribution in [0.1, 0.15) is 29.5 Å². The number of nitrogens with one attached hydrogen (secondary N) is 2. The summed E-state index contributed by atoms with van der Waals surface area (Å²) in [6.07, 6.45) is -0.0668. The molecule has 0 aliphatic carbocycles. The van der Waals surface area contributed by atoms with Gasteiger partial charge < -0.3 is 15.4 Å². The Hall–Kier alpha value is -2.67. The molecule has 0 saturated heterocycles. The fourth-order valence-electron chi connectivity index (χ4n) is 2.42. The number of esters is 1. The van der Waals surface area contributed by atoms with Gasteiger partial charge in [-0.3, -0.25) is 14.4 Å². The number of benzene rings is 2. The first kappa shape index (κ1) is 21.6. The molecule has 0 saturated carbocycles. The van der Waals surface area contributed by atoms with Gasteiger partial charge in [0, 0.05) is 23.1 Å². The first-order valence-electron chi connectivity index (χ1n) is 8.88. The summed E-state index contributed by atoms with van der Waals surface area (Å²) in [7, 11) is 0. The molecular weight excluding hydrogens is 424 g/mol. The number of carbonyl (C=O) groups excluding carboxylic acids is 3. The summed E-state index contributed by atoms with van der Waals surface area (Å²) in [4.78, 5) is 35.5. The number of rotatable bonds is 8. The summed E-state index contributed by atoms with van der Waals surface area (Å²) in [5, 5.41) is 5.46.